The number of fused-ring (bicyclic) bond motifs is 1. The van der Waals surface area contributed by atoms with Crippen LogP contribution in [-0.2, 0) is 19.7 Å². The number of hydrogen-bond acceptors (Lipinski definition) is 5. The molecule has 2 heterocycles. The van der Waals surface area contributed by atoms with Crippen LogP contribution in [0, 0.1) is 0 Å². The molecule has 96 valence electrons. The van der Waals surface area contributed by atoms with Crippen molar-refractivity contribution in [3.63, 3.8) is 0 Å². The lowest BCUT2D eigenvalue weighted by molar-refractivity contribution is -0.0983. The molecule has 4 nitrogen and oxygen atoms in total. The fourth-order valence-corrected chi connectivity index (χ4v) is 6.46. The lowest BCUT2D eigenvalue weighted by Gasteiger charge is -2.29. The van der Waals surface area contributed by atoms with Crippen LogP contribution in [0.2, 0.25) is 0 Å². The predicted octanol–water partition coefficient (Wildman–Crippen LogP) is 1.49. The maximum Gasteiger partial charge on any atom is 0.426 e. The van der Waals surface area contributed by atoms with Crippen LogP contribution < -0.4 is 0 Å². The van der Waals surface area contributed by atoms with E-state index in [4.69, 9.17) is 0 Å². The number of sulfone groups is 2. The van der Waals surface area contributed by atoms with Gasteiger partial charge in [0.05, 0.1) is 0 Å². The number of thiophene rings is 1. The van der Waals surface area contributed by atoms with E-state index in [0.717, 1.165) is 0 Å². The third kappa shape index (κ3) is 1.16. The average molecular weight is 310 g/mol. The highest BCUT2D eigenvalue weighted by Gasteiger charge is 2.77. The molecule has 0 aromatic carbocycles. The van der Waals surface area contributed by atoms with E-state index >= 15 is 0 Å². The molecule has 2 rings (SSSR count). The van der Waals surface area contributed by atoms with Gasteiger partial charge in [-0.25, -0.2) is 16.8 Å². The fraction of sp³-hybridized carbons (Fsp3) is 0.333. The van der Waals surface area contributed by atoms with Crippen LogP contribution in [-0.4, -0.2) is 27.3 Å². The normalized spacial score (nSPS) is 27.3. The van der Waals surface area contributed by atoms with E-state index in [9.17, 15) is 34.4 Å². The maximum absolute atomic E-state index is 13.1. The summed E-state index contributed by atoms with van der Waals surface area (Å²) in [4.78, 5) is -2.56. The van der Waals surface area contributed by atoms with Crippen molar-refractivity contribution in [2.45, 2.75) is 20.3 Å². The van der Waals surface area contributed by atoms with Crippen LogP contribution in [0.1, 0.15) is 0 Å². The summed E-state index contributed by atoms with van der Waals surface area (Å²) in [5, 5.41) is -10.2. The summed E-state index contributed by atoms with van der Waals surface area (Å²) < 4.78 is 97.2. The molecule has 1 aliphatic rings. The summed E-state index contributed by atoms with van der Waals surface area (Å²) in [6, 6.07) is 0. The Balaban J connectivity index is 3.04. The van der Waals surface area contributed by atoms with Crippen LogP contribution in [0.4, 0.5) is 17.6 Å². The van der Waals surface area contributed by atoms with Crippen molar-refractivity contribution >= 4 is 31.0 Å². The molecular formula is C6H2F4O4S3. The van der Waals surface area contributed by atoms with E-state index in [0.29, 0.717) is 22.1 Å². The largest absolute Gasteiger partial charge is 0.426 e. The zero-order valence-corrected chi connectivity index (χ0v) is 9.97. The highest BCUT2D eigenvalue weighted by molar-refractivity contribution is 7.99. The zero-order chi connectivity index (χ0) is 13.3. The Bertz CT molecular complexity index is 626. The monoisotopic (exact) mass is 310 g/mol. The Labute approximate surface area is 96.7 Å². The molecule has 0 unspecified atom stereocenters. The molecule has 0 saturated heterocycles. The molecule has 0 N–H and O–H groups in total. The van der Waals surface area contributed by atoms with Crippen LogP contribution in [0.5, 0.6) is 0 Å². The average Bonchev–Trinajstić information content (AvgIpc) is 2.64. The standard InChI is InChI=1S/C6H2F4O4S3/c7-5(8)6(9,10)17(13,14)4-2-15-1-3(4)16(5,11)12/h1-2H. The topological polar surface area (TPSA) is 68.3 Å². The summed E-state index contributed by atoms with van der Waals surface area (Å²) in [7, 11) is -11.4. The highest BCUT2D eigenvalue weighted by atomic mass is 32.2. The molecule has 0 fully saturated rings. The van der Waals surface area contributed by atoms with Crippen molar-refractivity contribution in [3.8, 4) is 0 Å². The predicted molar refractivity (Wildman–Crippen MR) is 48.6 cm³/mol. The molecule has 0 radical (unpaired) electrons. The van der Waals surface area contributed by atoms with Crippen LogP contribution in [0.3, 0.4) is 0 Å². The Kier molecular flexibility index (Phi) is 2.26. The molecule has 17 heavy (non-hydrogen) atoms. The smallest absolute Gasteiger partial charge is 0.217 e. The third-order valence-corrected chi connectivity index (χ3v) is 7.18. The van der Waals surface area contributed by atoms with Crippen molar-refractivity contribution in [1.29, 1.82) is 0 Å². The van der Waals surface area contributed by atoms with E-state index in [1.54, 1.807) is 0 Å². The van der Waals surface area contributed by atoms with Gasteiger partial charge in [-0.15, -0.1) is 11.3 Å². The minimum atomic E-state index is -5.71. The molecule has 1 aliphatic heterocycles. The summed E-state index contributed by atoms with van der Waals surface area (Å²) in [5.41, 5.74) is 0. The van der Waals surface area contributed by atoms with Gasteiger partial charge in [-0.1, -0.05) is 0 Å². The van der Waals surface area contributed by atoms with E-state index in [1.807, 2.05) is 0 Å². The van der Waals surface area contributed by atoms with Gasteiger partial charge < -0.3 is 0 Å². The SMILES string of the molecule is O=S1(=O)c2cscc2S(=O)(=O)C(F)(F)C1(F)F. The molecule has 0 spiro atoms. The molecule has 0 bridgehead atoms. The maximum atomic E-state index is 13.1. The summed E-state index contributed by atoms with van der Waals surface area (Å²) >= 11 is 0.436. The molecular weight excluding hydrogens is 308 g/mol. The van der Waals surface area contributed by atoms with Gasteiger partial charge in [0.25, 0.3) is 19.7 Å². The number of halogens is 4. The minimum absolute atomic E-state index is 0.436. The molecule has 1 aromatic heterocycles. The molecule has 0 amide bonds. The third-order valence-electron chi connectivity index (χ3n) is 2.19. The van der Waals surface area contributed by atoms with Gasteiger partial charge in [0.15, 0.2) is 0 Å². The van der Waals surface area contributed by atoms with E-state index in [2.05, 4.69) is 0 Å². The Hall–Kier alpha value is -0.680. The van der Waals surface area contributed by atoms with Crippen molar-refractivity contribution in [1.82, 2.24) is 0 Å². The van der Waals surface area contributed by atoms with Crippen LogP contribution >= 0.6 is 11.3 Å². The van der Waals surface area contributed by atoms with Crippen molar-refractivity contribution in [2.75, 3.05) is 0 Å². The van der Waals surface area contributed by atoms with Crippen LogP contribution in [0.15, 0.2) is 20.6 Å². The van der Waals surface area contributed by atoms with Gasteiger partial charge in [-0.3, -0.25) is 0 Å². The number of hydrogen-bond donors (Lipinski definition) is 0. The number of rotatable bonds is 0. The second kappa shape index (κ2) is 3.01. The highest BCUT2D eigenvalue weighted by Crippen LogP contribution is 2.53. The lowest BCUT2D eigenvalue weighted by atomic mass is 10.6. The van der Waals surface area contributed by atoms with Crippen molar-refractivity contribution < 1.29 is 34.4 Å². The lowest BCUT2D eigenvalue weighted by Crippen LogP contribution is -2.55. The van der Waals surface area contributed by atoms with Crippen LogP contribution in [0.25, 0.3) is 0 Å². The Morgan fingerprint density at radius 3 is 1.41 bits per heavy atom. The first-order chi connectivity index (χ1) is 7.48. The summed E-state index contributed by atoms with van der Waals surface area (Å²) in [5.74, 6) is 0. The van der Waals surface area contributed by atoms with E-state index in [-0.39, 0.29) is 0 Å². The van der Waals surface area contributed by atoms with Crippen molar-refractivity contribution in [3.05, 3.63) is 10.8 Å². The van der Waals surface area contributed by atoms with Gasteiger partial charge in [-0.05, 0) is 0 Å². The van der Waals surface area contributed by atoms with Gasteiger partial charge in [0.1, 0.15) is 9.79 Å². The van der Waals surface area contributed by atoms with E-state index in [1.165, 1.54) is 0 Å². The second-order valence-corrected chi connectivity index (χ2v) is 7.80. The van der Waals surface area contributed by atoms with Crippen molar-refractivity contribution in [2.24, 2.45) is 0 Å². The molecule has 0 saturated carbocycles. The fourth-order valence-electron chi connectivity index (χ4n) is 1.25. The molecule has 1 aromatic rings. The van der Waals surface area contributed by atoms with Gasteiger partial charge in [0.2, 0.25) is 0 Å². The van der Waals surface area contributed by atoms with Gasteiger partial charge in [0, 0.05) is 10.8 Å². The number of alkyl halides is 4. The molecule has 0 aliphatic carbocycles. The Morgan fingerprint density at radius 1 is 0.824 bits per heavy atom. The zero-order valence-electron chi connectivity index (χ0n) is 7.52. The first-order valence-corrected chi connectivity index (χ1v) is 7.70. The van der Waals surface area contributed by atoms with E-state index < -0.39 is 40.0 Å². The minimum Gasteiger partial charge on any atom is -0.217 e. The molecule has 0 atom stereocenters. The van der Waals surface area contributed by atoms with Gasteiger partial charge in [-0.2, -0.15) is 17.6 Å². The van der Waals surface area contributed by atoms with Gasteiger partial charge >= 0.3 is 10.5 Å². The first kappa shape index (κ1) is 12.8. The Morgan fingerprint density at radius 2 is 1.12 bits per heavy atom. The quantitative estimate of drug-likeness (QED) is 0.681. The second-order valence-electron chi connectivity index (χ2n) is 3.14. The summed E-state index contributed by atoms with van der Waals surface area (Å²) in [6.07, 6.45) is 0. The first-order valence-electron chi connectivity index (χ1n) is 3.79. The summed E-state index contributed by atoms with van der Waals surface area (Å²) in [6.45, 7) is 0. The molecule has 11 heteroatoms.